The molecule has 0 amide bonds. The fourth-order valence-electron chi connectivity index (χ4n) is 1.91. The van der Waals surface area contributed by atoms with Crippen LogP contribution in [-0.2, 0) is 0 Å². The predicted molar refractivity (Wildman–Crippen MR) is 77.9 cm³/mol. The summed E-state index contributed by atoms with van der Waals surface area (Å²) in [7, 11) is 0. The van der Waals surface area contributed by atoms with Crippen LogP contribution in [0.25, 0.3) is 0 Å². The van der Waals surface area contributed by atoms with Gasteiger partial charge in [0, 0.05) is 4.88 Å². The summed E-state index contributed by atoms with van der Waals surface area (Å²) in [5.41, 5.74) is 0.979. The summed E-state index contributed by atoms with van der Waals surface area (Å²) in [6, 6.07) is 10.4. The average molecular weight is 318 g/mol. The van der Waals surface area contributed by atoms with Gasteiger partial charge in [-0.25, -0.2) is 0 Å². The van der Waals surface area contributed by atoms with Crippen molar-refractivity contribution in [2.45, 2.75) is 19.6 Å². The van der Waals surface area contributed by atoms with E-state index >= 15 is 0 Å². The maximum absolute atomic E-state index is 12.1. The lowest BCUT2D eigenvalue weighted by Crippen LogP contribution is -2.21. The molecule has 1 aromatic heterocycles. The van der Waals surface area contributed by atoms with Crippen molar-refractivity contribution in [1.82, 2.24) is 5.32 Å². The molecule has 0 aliphatic carbocycles. The Kier molecular flexibility index (Phi) is 5.34. The van der Waals surface area contributed by atoms with E-state index < -0.39 is 6.61 Å². The SMILES string of the molecule is CCNC(c1ccc(OC(F)F)cc1)c1ccc(Cl)s1. The molecule has 0 saturated carbocycles. The van der Waals surface area contributed by atoms with Crippen molar-refractivity contribution in [1.29, 1.82) is 0 Å². The normalized spacial score (nSPS) is 12.7. The quantitative estimate of drug-likeness (QED) is 0.833. The van der Waals surface area contributed by atoms with Gasteiger partial charge in [0.1, 0.15) is 5.75 Å². The smallest absolute Gasteiger partial charge is 0.387 e. The molecule has 2 rings (SSSR count). The Morgan fingerprint density at radius 2 is 1.90 bits per heavy atom. The molecule has 0 saturated heterocycles. The molecule has 0 fully saturated rings. The van der Waals surface area contributed by atoms with Gasteiger partial charge >= 0.3 is 6.61 Å². The van der Waals surface area contributed by atoms with E-state index in [1.807, 2.05) is 19.1 Å². The van der Waals surface area contributed by atoms with Crippen molar-refractivity contribution in [2.24, 2.45) is 0 Å². The number of hydrogen-bond donors (Lipinski definition) is 1. The van der Waals surface area contributed by atoms with Crippen LogP contribution in [0, 0.1) is 0 Å². The van der Waals surface area contributed by atoms with Gasteiger partial charge in [0.15, 0.2) is 0 Å². The first kappa shape index (κ1) is 15.2. The zero-order valence-corrected chi connectivity index (χ0v) is 12.3. The summed E-state index contributed by atoms with van der Waals surface area (Å²) in [4.78, 5) is 1.08. The summed E-state index contributed by atoms with van der Waals surface area (Å²) in [6.45, 7) is -0.00657. The number of nitrogens with one attached hydrogen (secondary N) is 1. The number of rotatable bonds is 6. The average Bonchev–Trinajstić information content (AvgIpc) is 2.83. The third kappa shape index (κ3) is 3.91. The van der Waals surface area contributed by atoms with Crippen LogP contribution in [0.5, 0.6) is 5.75 Å². The Labute approximate surface area is 125 Å². The second kappa shape index (κ2) is 7.02. The van der Waals surface area contributed by atoms with Gasteiger partial charge in [0.2, 0.25) is 0 Å². The second-order valence-corrected chi connectivity index (χ2v) is 5.83. The number of hydrogen-bond acceptors (Lipinski definition) is 3. The minimum atomic E-state index is -2.80. The Morgan fingerprint density at radius 3 is 2.40 bits per heavy atom. The van der Waals surface area contributed by atoms with Crippen LogP contribution in [0.1, 0.15) is 23.4 Å². The minimum absolute atomic E-state index is 0.00176. The van der Waals surface area contributed by atoms with E-state index in [2.05, 4.69) is 10.1 Å². The molecule has 1 atom stereocenters. The lowest BCUT2D eigenvalue weighted by molar-refractivity contribution is -0.0498. The number of alkyl halides is 2. The van der Waals surface area contributed by atoms with E-state index in [0.717, 1.165) is 21.3 Å². The third-order valence-electron chi connectivity index (χ3n) is 2.73. The standard InChI is InChI=1S/C14H14ClF2NOS/c1-2-18-13(11-7-8-12(15)20-11)9-3-5-10(6-4-9)19-14(16)17/h3-8,13-14,18H,2H2,1H3. The minimum Gasteiger partial charge on any atom is -0.435 e. The van der Waals surface area contributed by atoms with Crippen LogP contribution in [0.4, 0.5) is 8.78 Å². The molecule has 0 radical (unpaired) electrons. The summed E-state index contributed by atoms with van der Waals surface area (Å²) in [5, 5.41) is 3.35. The molecule has 0 aliphatic rings. The van der Waals surface area contributed by atoms with E-state index in [9.17, 15) is 8.78 Å². The van der Waals surface area contributed by atoms with Gasteiger partial charge in [-0.3, -0.25) is 0 Å². The zero-order valence-electron chi connectivity index (χ0n) is 10.8. The Morgan fingerprint density at radius 1 is 1.20 bits per heavy atom. The van der Waals surface area contributed by atoms with Gasteiger partial charge in [-0.2, -0.15) is 8.78 Å². The van der Waals surface area contributed by atoms with Crippen LogP contribution >= 0.6 is 22.9 Å². The fraction of sp³-hybridized carbons (Fsp3) is 0.286. The van der Waals surface area contributed by atoms with Crippen LogP contribution < -0.4 is 10.1 Å². The van der Waals surface area contributed by atoms with Crippen LogP contribution in [0.2, 0.25) is 4.34 Å². The van der Waals surface area contributed by atoms with E-state index in [1.165, 1.54) is 11.3 Å². The van der Waals surface area contributed by atoms with Crippen molar-refractivity contribution >= 4 is 22.9 Å². The number of ether oxygens (including phenoxy) is 1. The van der Waals surface area contributed by atoms with E-state index in [-0.39, 0.29) is 11.8 Å². The fourth-order valence-corrected chi connectivity index (χ4v) is 3.08. The number of halogens is 3. The van der Waals surface area contributed by atoms with Crippen LogP contribution in [0.15, 0.2) is 36.4 Å². The first-order chi connectivity index (χ1) is 9.60. The Balaban J connectivity index is 2.21. The lowest BCUT2D eigenvalue weighted by Gasteiger charge is -2.17. The molecule has 1 aromatic carbocycles. The van der Waals surface area contributed by atoms with Crippen molar-refractivity contribution in [3.05, 3.63) is 51.2 Å². The molecule has 20 heavy (non-hydrogen) atoms. The zero-order chi connectivity index (χ0) is 14.5. The Hall–Kier alpha value is -1.17. The van der Waals surface area contributed by atoms with Crippen LogP contribution in [0.3, 0.4) is 0 Å². The highest BCUT2D eigenvalue weighted by molar-refractivity contribution is 7.16. The first-order valence-corrected chi connectivity index (χ1v) is 7.33. The van der Waals surface area contributed by atoms with Crippen molar-refractivity contribution < 1.29 is 13.5 Å². The summed E-state index contributed by atoms with van der Waals surface area (Å²) in [5.74, 6) is 0.156. The van der Waals surface area contributed by atoms with E-state index in [0.29, 0.717) is 0 Å². The third-order valence-corrected chi connectivity index (χ3v) is 4.02. The van der Waals surface area contributed by atoms with E-state index in [1.54, 1.807) is 24.3 Å². The molecule has 0 bridgehead atoms. The molecule has 108 valence electrons. The highest BCUT2D eigenvalue weighted by Crippen LogP contribution is 2.31. The molecule has 1 heterocycles. The number of thiophene rings is 1. The molecular weight excluding hydrogens is 304 g/mol. The van der Waals surface area contributed by atoms with Crippen molar-refractivity contribution in [3.63, 3.8) is 0 Å². The number of benzene rings is 1. The highest BCUT2D eigenvalue weighted by Gasteiger charge is 2.15. The van der Waals surface area contributed by atoms with Gasteiger partial charge in [-0.05, 0) is 36.4 Å². The molecule has 2 aromatic rings. The lowest BCUT2D eigenvalue weighted by atomic mass is 10.1. The second-order valence-electron chi connectivity index (χ2n) is 4.08. The van der Waals surface area contributed by atoms with Gasteiger partial charge in [-0.15, -0.1) is 11.3 Å². The molecular formula is C14H14ClF2NOS. The molecule has 0 aliphatic heterocycles. The van der Waals surface area contributed by atoms with Gasteiger partial charge < -0.3 is 10.1 Å². The van der Waals surface area contributed by atoms with E-state index in [4.69, 9.17) is 11.6 Å². The molecule has 1 unspecified atom stereocenters. The molecule has 2 nitrogen and oxygen atoms in total. The largest absolute Gasteiger partial charge is 0.435 e. The first-order valence-electron chi connectivity index (χ1n) is 6.13. The maximum Gasteiger partial charge on any atom is 0.387 e. The summed E-state index contributed by atoms with van der Waals surface area (Å²) < 4.78 is 29.3. The van der Waals surface area contributed by atoms with Gasteiger partial charge in [0.25, 0.3) is 0 Å². The van der Waals surface area contributed by atoms with Crippen molar-refractivity contribution in [2.75, 3.05) is 6.54 Å². The molecule has 6 heteroatoms. The van der Waals surface area contributed by atoms with Crippen LogP contribution in [-0.4, -0.2) is 13.2 Å². The summed E-state index contributed by atoms with van der Waals surface area (Å²) in [6.07, 6.45) is 0. The van der Waals surface area contributed by atoms with Crippen molar-refractivity contribution in [3.8, 4) is 5.75 Å². The molecule has 0 spiro atoms. The molecule has 1 N–H and O–H groups in total. The topological polar surface area (TPSA) is 21.3 Å². The highest BCUT2D eigenvalue weighted by atomic mass is 35.5. The Bertz CT molecular complexity index is 544. The predicted octanol–water partition coefficient (Wildman–Crippen LogP) is 4.70. The van der Waals surface area contributed by atoms with Gasteiger partial charge in [0.05, 0.1) is 10.4 Å². The maximum atomic E-state index is 12.1. The summed E-state index contributed by atoms with van der Waals surface area (Å²) >= 11 is 7.46. The monoisotopic (exact) mass is 317 g/mol. The van der Waals surface area contributed by atoms with Gasteiger partial charge in [-0.1, -0.05) is 30.7 Å².